The van der Waals surface area contributed by atoms with Gasteiger partial charge in [0, 0.05) is 25.7 Å². The normalized spacial score (nSPS) is 14.8. The molecule has 16 heavy (non-hydrogen) atoms. The fourth-order valence-electron chi connectivity index (χ4n) is 1.49. The second kappa shape index (κ2) is 4.47. The Labute approximate surface area is 94.1 Å². The van der Waals surface area contributed by atoms with Crippen LogP contribution in [0.1, 0.15) is 31.0 Å². The van der Waals surface area contributed by atoms with Crippen molar-refractivity contribution in [1.29, 1.82) is 0 Å². The standard InChI is InChI=1S/C11H15N3O2/c1-14(7-5-10(15)16)9-4-6-12-11(13-9)8-2-3-8/h4,6,8H,2-3,5,7H2,1H3,(H,15,16). The molecule has 2 rings (SSSR count). The number of aromatic nitrogens is 2. The van der Waals surface area contributed by atoms with Crippen molar-refractivity contribution in [2.24, 2.45) is 0 Å². The number of hydrogen-bond acceptors (Lipinski definition) is 4. The Morgan fingerprint density at radius 2 is 2.38 bits per heavy atom. The maximum absolute atomic E-state index is 10.5. The third-order valence-corrected chi connectivity index (χ3v) is 2.65. The second-order valence-electron chi connectivity index (χ2n) is 4.11. The summed E-state index contributed by atoms with van der Waals surface area (Å²) in [4.78, 5) is 21.0. The van der Waals surface area contributed by atoms with Gasteiger partial charge in [-0.25, -0.2) is 9.97 Å². The Hall–Kier alpha value is -1.65. The van der Waals surface area contributed by atoms with Gasteiger partial charge in [0.25, 0.3) is 0 Å². The van der Waals surface area contributed by atoms with Crippen LogP contribution in [0.3, 0.4) is 0 Å². The molecule has 1 aromatic rings. The molecule has 1 heterocycles. The molecule has 1 aliphatic carbocycles. The van der Waals surface area contributed by atoms with Crippen LogP contribution in [0.25, 0.3) is 0 Å². The van der Waals surface area contributed by atoms with Gasteiger partial charge in [-0.1, -0.05) is 0 Å². The molecule has 5 heteroatoms. The third kappa shape index (κ3) is 2.68. The van der Waals surface area contributed by atoms with Gasteiger partial charge in [0.1, 0.15) is 11.6 Å². The molecule has 0 aliphatic heterocycles. The number of carboxylic acids is 1. The molecule has 0 amide bonds. The average molecular weight is 221 g/mol. The topological polar surface area (TPSA) is 66.3 Å². The Morgan fingerprint density at radius 1 is 1.62 bits per heavy atom. The van der Waals surface area contributed by atoms with Crippen molar-refractivity contribution in [2.45, 2.75) is 25.2 Å². The molecule has 1 saturated carbocycles. The summed E-state index contributed by atoms with van der Waals surface area (Å²) in [6.07, 6.45) is 4.21. The summed E-state index contributed by atoms with van der Waals surface area (Å²) >= 11 is 0. The van der Waals surface area contributed by atoms with Crippen molar-refractivity contribution in [3.63, 3.8) is 0 Å². The fourth-order valence-corrected chi connectivity index (χ4v) is 1.49. The number of aliphatic carboxylic acids is 1. The summed E-state index contributed by atoms with van der Waals surface area (Å²) in [5.41, 5.74) is 0. The van der Waals surface area contributed by atoms with E-state index >= 15 is 0 Å². The highest BCUT2D eigenvalue weighted by molar-refractivity contribution is 5.67. The highest BCUT2D eigenvalue weighted by atomic mass is 16.4. The van der Waals surface area contributed by atoms with Gasteiger partial charge in [-0.2, -0.15) is 0 Å². The van der Waals surface area contributed by atoms with E-state index < -0.39 is 5.97 Å². The van der Waals surface area contributed by atoms with E-state index in [4.69, 9.17) is 5.11 Å². The minimum absolute atomic E-state index is 0.124. The van der Waals surface area contributed by atoms with Gasteiger partial charge in [0.2, 0.25) is 0 Å². The smallest absolute Gasteiger partial charge is 0.305 e. The van der Waals surface area contributed by atoms with Crippen LogP contribution < -0.4 is 4.90 Å². The van der Waals surface area contributed by atoms with Crippen LogP contribution in [-0.2, 0) is 4.79 Å². The summed E-state index contributed by atoms with van der Waals surface area (Å²) in [5, 5.41) is 8.60. The number of carbonyl (C=O) groups is 1. The highest BCUT2D eigenvalue weighted by Gasteiger charge is 2.26. The SMILES string of the molecule is CN(CCC(=O)O)c1ccnc(C2CC2)n1. The third-order valence-electron chi connectivity index (χ3n) is 2.65. The van der Waals surface area contributed by atoms with Crippen LogP contribution in [0.2, 0.25) is 0 Å². The first-order valence-electron chi connectivity index (χ1n) is 5.42. The summed E-state index contributed by atoms with van der Waals surface area (Å²) in [6, 6.07) is 1.81. The highest BCUT2D eigenvalue weighted by Crippen LogP contribution is 2.38. The fraction of sp³-hybridized carbons (Fsp3) is 0.545. The van der Waals surface area contributed by atoms with Crippen molar-refractivity contribution in [2.75, 3.05) is 18.5 Å². The Balaban J connectivity index is 2.01. The summed E-state index contributed by atoms with van der Waals surface area (Å²) in [6.45, 7) is 0.469. The van der Waals surface area contributed by atoms with Gasteiger partial charge in [-0.15, -0.1) is 0 Å². The predicted molar refractivity (Wildman–Crippen MR) is 59.5 cm³/mol. The van der Waals surface area contributed by atoms with Gasteiger partial charge in [0.15, 0.2) is 0 Å². The Kier molecular flexibility index (Phi) is 3.03. The van der Waals surface area contributed by atoms with Crippen LogP contribution in [0.4, 0.5) is 5.82 Å². The van der Waals surface area contributed by atoms with Crippen LogP contribution in [-0.4, -0.2) is 34.6 Å². The van der Waals surface area contributed by atoms with Crippen LogP contribution in [0.5, 0.6) is 0 Å². The molecule has 0 aromatic carbocycles. The summed E-state index contributed by atoms with van der Waals surface area (Å²) < 4.78 is 0. The lowest BCUT2D eigenvalue weighted by atomic mass is 10.3. The zero-order valence-electron chi connectivity index (χ0n) is 9.26. The molecule has 0 radical (unpaired) electrons. The van der Waals surface area contributed by atoms with E-state index in [-0.39, 0.29) is 6.42 Å². The lowest BCUT2D eigenvalue weighted by molar-refractivity contribution is -0.136. The number of rotatable bonds is 5. The molecule has 0 unspecified atom stereocenters. The number of carboxylic acid groups (broad SMARTS) is 1. The molecule has 1 aliphatic rings. The predicted octanol–water partition coefficient (Wildman–Crippen LogP) is 1.26. The molecule has 0 bridgehead atoms. The van der Waals surface area contributed by atoms with Gasteiger partial charge in [-0.05, 0) is 18.9 Å². The van der Waals surface area contributed by atoms with E-state index in [0.717, 1.165) is 11.6 Å². The minimum Gasteiger partial charge on any atom is -0.481 e. The van der Waals surface area contributed by atoms with E-state index in [0.29, 0.717) is 12.5 Å². The summed E-state index contributed by atoms with van der Waals surface area (Å²) in [5.74, 6) is 1.42. The number of hydrogen-bond donors (Lipinski definition) is 1. The van der Waals surface area contributed by atoms with E-state index in [1.807, 2.05) is 18.0 Å². The number of anilines is 1. The van der Waals surface area contributed by atoms with Crippen LogP contribution in [0, 0.1) is 0 Å². The molecule has 5 nitrogen and oxygen atoms in total. The van der Waals surface area contributed by atoms with E-state index in [1.165, 1.54) is 12.8 Å². The Bertz CT molecular complexity index is 391. The lowest BCUT2D eigenvalue weighted by Gasteiger charge is -2.17. The average Bonchev–Trinajstić information content (AvgIpc) is 3.10. The monoisotopic (exact) mass is 221 g/mol. The van der Waals surface area contributed by atoms with Gasteiger partial charge in [0.05, 0.1) is 6.42 Å². The molecule has 1 N–H and O–H groups in total. The molecular formula is C11H15N3O2. The number of nitrogens with zero attached hydrogens (tertiary/aromatic N) is 3. The maximum Gasteiger partial charge on any atom is 0.305 e. The Morgan fingerprint density at radius 3 is 3.00 bits per heavy atom. The second-order valence-corrected chi connectivity index (χ2v) is 4.11. The largest absolute Gasteiger partial charge is 0.481 e. The van der Waals surface area contributed by atoms with Gasteiger partial charge in [-0.3, -0.25) is 4.79 Å². The molecule has 0 saturated heterocycles. The molecular weight excluding hydrogens is 206 g/mol. The van der Waals surface area contributed by atoms with Crippen molar-refractivity contribution < 1.29 is 9.90 Å². The van der Waals surface area contributed by atoms with E-state index in [9.17, 15) is 4.79 Å². The van der Waals surface area contributed by atoms with Crippen molar-refractivity contribution in [3.8, 4) is 0 Å². The van der Waals surface area contributed by atoms with Crippen molar-refractivity contribution in [1.82, 2.24) is 9.97 Å². The first-order valence-corrected chi connectivity index (χ1v) is 5.42. The first-order chi connectivity index (χ1) is 7.66. The van der Waals surface area contributed by atoms with Crippen molar-refractivity contribution in [3.05, 3.63) is 18.1 Å². The summed E-state index contributed by atoms with van der Waals surface area (Å²) in [7, 11) is 1.85. The molecule has 86 valence electrons. The van der Waals surface area contributed by atoms with Gasteiger partial charge >= 0.3 is 5.97 Å². The maximum atomic E-state index is 10.5. The molecule has 0 spiro atoms. The molecule has 1 fully saturated rings. The van der Waals surface area contributed by atoms with Gasteiger partial charge < -0.3 is 10.0 Å². The molecule has 1 aromatic heterocycles. The molecule has 0 atom stereocenters. The minimum atomic E-state index is -0.789. The van der Waals surface area contributed by atoms with Crippen LogP contribution in [0.15, 0.2) is 12.3 Å². The van der Waals surface area contributed by atoms with E-state index in [2.05, 4.69) is 9.97 Å². The van der Waals surface area contributed by atoms with Crippen LogP contribution >= 0.6 is 0 Å². The quantitative estimate of drug-likeness (QED) is 0.811. The van der Waals surface area contributed by atoms with Crippen molar-refractivity contribution >= 4 is 11.8 Å². The zero-order valence-corrected chi connectivity index (χ0v) is 9.26. The van der Waals surface area contributed by atoms with E-state index in [1.54, 1.807) is 6.20 Å². The first kappa shape index (κ1) is 10.9. The zero-order chi connectivity index (χ0) is 11.5. The lowest BCUT2D eigenvalue weighted by Crippen LogP contribution is -2.22.